The van der Waals surface area contributed by atoms with Crippen molar-refractivity contribution in [1.82, 2.24) is 0 Å². The topological polar surface area (TPSA) is 73.0 Å². The van der Waals surface area contributed by atoms with Crippen molar-refractivity contribution >= 4 is 39.5 Å². The van der Waals surface area contributed by atoms with E-state index < -0.39 is 0 Å². The molecule has 1 aliphatic heterocycles. The van der Waals surface area contributed by atoms with Crippen molar-refractivity contribution in [3.63, 3.8) is 0 Å². The molecule has 0 spiro atoms. The van der Waals surface area contributed by atoms with E-state index in [-0.39, 0.29) is 17.8 Å². The SMILES string of the molecule is CCOC(=O)[C@@H]1CCC[NH+](CC(=O)Nc2ccc3oc4ccccc4c3c2)C1. The van der Waals surface area contributed by atoms with Crippen LogP contribution in [0.25, 0.3) is 21.9 Å². The summed E-state index contributed by atoms with van der Waals surface area (Å²) in [7, 11) is 0. The molecule has 0 radical (unpaired) electrons. The smallest absolute Gasteiger partial charge is 0.314 e. The average Bonchev–Trinajstić information content (AvgIpc) is 3.06. The number of carbonyl (C=O) groups is 2. The molecule has 1 unspecified atom stereocenters. The molecule has 1 aromatic heterocycles. The quantitative estimate of drug-likeness (QED) is 0.666. The second kappa shape index (κ2) is 8.02. The summed E-state index contributed by atoms with van der Waals surface area (Å²) >= 11 is 0. The molecule has 2 aromatic carbocycles. The van der Waals surface area contributed by atoms with Crippen LogP contribution in [0.2, 0.25) is 0 Å². The van der Waals surface area contributed by atoms with E-state index in [1.807, 2.05) is 49.4 Å². The Labute approximate surface area is 163 Å². The number of furan rings is 1. The van der Waals surface area contributed by atoms with Crippen molar-refractivity contribution in [1.29, 1.82) is 0 Å². The van der Waals surface area contributed by atoms with Crippen LogP contribution in [-0.2, 0) is 14.3 Å². The van der Waals surface area contributed by atoms with Gasteiger partial charge >= 0.3 is 5.97 Å². The van der Waals surface area contributed by atoms with Crippen LogP contribution in [0.1, 0.15) is 19.8 Å². The number of hydrogen-bond acceptors (Lipinski definition) is 4. The van der Waals surface area contributed by atoms with Crippen molar-refractivity contribution in [2.45, 2.75) is 19.8 Å². The number of amides is 1. The number of quaternary nitrogens is 1. The molecule has 1 amide bonds. The number of rotatable bonds is 5. The maximum atomic E-state index is 12.5. The largest absolute Gasteiger partial charge is 0.466 e. The fourth-order valence-electron chi connectivity index (χ4n) is 4.01. The molecule has 1 aliphatic rings. The van der Waals surface area contributed by atoms with Gasteiger partial charge in [0.15, 0.2) is 6.54 Å². The third kappa shape index (κ3) is 3.87. The monoisotopic (exact) mass is 381 g/mol. The molecular formula is C22H25N2O4+. The summed E-state index contributed by atoms with van der Waals surface area (Å²) in [5.74, 6) is -0.297. The Morgan fingerprint density at radius 2 is 2.00 bits per heavy atom. The van der Waals surface area contributed by atoms with Gasteiger partial charge in [-0.2, -0.15) is 0 Å². The Morgan fingerprint density at radius 3 is 2.86 bits per heavy atom. The van der Waals surface area contributed by atoms with Gasteiger partial charge < -0.3 is 19.4 Å². The number of nitrogens with one attached hydrogen (secondary N) is 2. The molecule has 2 heterocycles. The molecule has 0 aliphatic carbocycles. The van der Waals surface area contributed by atoms with Crippen molar-refractivity contribution in [2.75, 3.05) is 31.6 Å². The molecular weight excluding hydrogens is 356 g/mol. The van der Waals surface area contributed by atoms with E-state index in [9.17, 15) is 9.59 Å². The highest BCUT2D eigenvalue weighted by Gasteiger charge is 2.30. The second-order valence-corrected chi connectivity index (χ2v) is 7.33. The zero-order valence-electron chi connectivity index (χ0n) is 16.0. The summed E-state index contributed by atoms with van der Waals surface area (Å²) < 4.78 is 11.0. The number of carbonyl (C=O) groups excluding carboxylic acids is 2. The number of ether oxygens (including phenoxy) is 1. The van der Waals surface area contributed by atoms with Crippen molar-refractivity contribution < 1.29 is 23.6 Å². The maximum absolute atomic E-state index is 12.5. The average molecular weight is 381 g/mol. The lowest BCUT2D eigenvalue weighted by atomic mass is 9.98. The summed E-state index contributed by atoms with van der Waals surface area (Å²) in [6, 6.07) is 13.6. The predicted octanol–water partition coefficient (Wildman–Crippen LogP) is 2.38. The lowest BCUT2D eigenvalue weighted by molar-refractivity contribution is -0.899. The Balaban J connectivity index is 1.42. The number of piperidine rings is 1. The predicted molar refractivity (Wildman–Crippen MR) is 107 cm³/mol. The van der Waals surface area contributed by atoms with Crippen molar-refractivity contribution in [2.24, 2.45) is 5.92 Å². The summed E-state index contributed by atoms with van der Waals surface area (Å²) in [5.41, 5.74) is 2.39. The van der Waals surface area contributed by atoms with Gasteiger partial charge in [0.25, 0.3) is 5.91 Å². The molecule has 1 saturated heterocycles. The number of benzene rings is 2. The van der Waals surface area contributed by atoms with Gasteiger partial charge in [-0.3, -0.25) is 9.59 Å². The molecule has 2 atom stereocenters. The van der Waals surface area contributed by atoms with E-state index >= 15 is 0 Å². The van der Waals surface area contributed by atoms with E-state index in [2.05, 4.69) is 5.32 Å². The summed E-state index contributed by atoms with van der Waals surface area (Å²) in [6.45, 7) is 4.11. The molecule has 2 N–H and O–H groups in total. The van der Waals surface area contributed by atoms with Gasteiger partial charge in [0.1, 0.15) is 17.1 Å². The Bertz CT molecular complexity index is 1010. The van der Waals surface area contributed by atoms with Gasteiger partial charge in [-0.05, 0) is 44.0 Å². The number of fused-ring (bicyclic) bond motifs is 3. The minimum absolute atomic E-state index is 0.0494. The standard InChI is InChI=1S/C22H24N2O4/c1-2-27-22(26)15-6-5-11-24(13-15)14-21(25)23-16-9-10-20-18(12-16)17-7-3-4-8-19(17)28-20/h3-4,7-10,12,15H,2,5-6,11,13-14H2,1H3,(H,23,25)/p+1/t15-/m1/s1. The molecule has 1 fully saturated rings. The first-order valence-corrected chi connectivity index (χ1v) is 9.85. The zero-order valence-corrected chi connectivity index (χ0v) is 16.0. The summed E-state index contributed by atoms with van der Waals surface area (Å²) in [5, 5.41) is 5.01. The van der Waals surface area contributed by atoms with Gasteiger partial charge in [-0.1, -0.05) is 18.2 Å². The molecule has 146 valence electrons. The van der Waals surface area contributed by atoms with E-state index in [4.69, 9.17) is 9.15 Å². The van der Waals surface area contributed by atoms with Crippen LogP contribution in [-0.4, -0.2) is 38.1 Å². The van der Waals surface area contributed by atoms with E-state index in [1.165, 1.54) is 0 Å². The number of hydrogen-bond donors (Lipinski definition) is 2. The summed E-state index contributed by atoms with van der Waals surface area (Å²) in [6.07, 6.45) is 1.77. The van der Waals surface area contributed by atoms with E-state index in [0.717, 1.165) is 51.9 Å². The van der Waals surface area contributed by atoms with Crippen LogP contribution < -0.4 is 10.2 Å². The third-order valence-corrected chi connectivity index (χ3v) is 5.31. The van der Waals surface area contributed by atoms with Crippen LogP contribution in [0.15, 0.2) is 46.9 Å². The van der Waals surface area contributed by atoms with Crippen LogP contribution in [0, 0.1) is 5.92 Å². The van der Waals surface area contributed by atoms with E-state index in [1.54, 1.807) is 0 Å². The zero-order chi connectivity index (χ0) is 19.5. The minimum atomic E-state index is -0.141. The second-order valence-electron chi connectivity index (χ2n) is 7.33. The molecule has 6 heteroatoms. The highest BCUT2D eigenvalue weighted by atomic mass is 16.5. The van der Waals surface area contributed by atoms with Crippen LogP contribution >= 0.6 is 0 Å². The number of anilines is 1. The maximum Gasteiger partial charge on any atom is 0.314 e. The number of likely N-dealkylation sites (tertiary alicyclic amines) is 1. The lowest BCUT2D eigenvalue weighted by Gasteiger charge is -2.28. The van der Waals surface area contributed by atoms with E-state index in [0.29, 0.717) is 19.7 Å². The van der Waals surface area contributed by atoms with Crippen molar-refractivity contribution in [3.8, 4) is 0 Å². The van der Waals surface area contributed by atoms with Gasteiger partial charge in [0, 0.05) is 16.5 Å². The van der Waals surface area contributed by atoms with Gasteiger partial charge in [0.05, 0.1) is 19.7 Å². The van der Waals surface area contributed by atoms with Gasteiger partial charge in [0.2, 0.25) is 0 Å². The van der Waals surface area contributed by atoms with Gasteiger partial charge in [-0.15, -0.1) is 0 Å². The summed E-state index contributed by atoms with van der Waals surface area (Å²) in [4.78, 5) is 25.7. The van der Waals surface area contributed by atoms with Crippen LogP contribution in [0.4, 0.5) is 5.69 Å². The van der Waals surface area contributed by atoms with Crippen LogP contribution in [0.5, 0.6) is 0 Å². The van der Waals surface area contributed by atoms with Crippen LogP contribution in [0.3, 0.4) is 0 Å². The number of esters is 1. The molecule has 4 rings (SSSR count). The Morgan fingerprint density at radius 1 is 1.18 bits per heavy atom. The first-order chi connectivity index (χ1) is 13.6. The van der Waals surface area contributed by atoms with Gasteiger partial charge in [-0.25, -0.2) is 0 Å². The molecule has 0 saturated carbocycles. The lowest BCUT2D eigenvalue weighted by Crippen LogP contribution is -3.14. The fraction of sp³-hybridized carbons (Fsp3) is 0.364. The Kier molecular flexibility index (Phi) is 5.30. The molecule has 28 heavy (non-hydrogen) atoms. The Hall–Kier alpha value is -2.86. The fourth-order valence-corrected chi connectivity index (χ4v) is 4.01. The number of para-hydroxylation sites is 1. The highest BCUT2D eigenvalue weighted by molar-refractivity contribution is 6.06. The first kappa shape index (κ1) is 18.5. The van der Waals surface area contributed by atoms with Crippen molar-refractivity contribution in [3.05, 3.63) is 42.5 Å². The molecule has 6 nitrogen and oxygen atoms in total. The highest BCUT2D eigenvalue weighted by Crippen LogP contribution is 2.30. The minimum Gasteiger partial charge on any atom is -0.466 e. The third-order valence-electron chi connectivity index (χ3n) is 5.31. The molecule has 0 bridgehead atoms. The normalized spacial score (nSPS) is 19.6. The first-order valence-electron chi connectivity index (χ1n) is 9.85. The molecule has 3 aromatic rings.